The van der Waals surface area contributed by atoms with Crippen LogP contribution in [0.4, 0.5) is 0 Å². The van der Waals surface area contributed by atoms with Crippen LogP contribution < -0.4 is 0 Å². The first-order valence-electron chi connectivity index (χ1n) is 3.62. The van der Waals surface area contributed by atoms with Gasteiger partial charge in [0.25, 0.3) is 6.39 Å². The second kappa shape index (κ2) is 2.78. The van der Waals surface area contributed by atoms with Crippen molar-refractivity contribution in [2.45, 2.75) is 12.8 Å². The second-order valence-corrected chi connectivity index (χ2v) is 2.38. The zero-order chi connectivity index (χ0) is 7.52. The van der Waals surface area contributed by atoms with Crippen LogP contribution in [0.1, 0.15) is 18.5 Å². The summed E-state index contributed by atoms with van der Waals surface area (Å²) in [6.07, 6.45) is 8.09. The van der Waals surface area contributed by atoms with Crippen molar-refractivity contribution in [3.05, 3.63) is 24.4 Å². The van der Waals surface area contributed by atoms with E-state index in [2.05, 4.69) is 11.4 Å². The van der Waals surface area contributed by atoms with Crippen LogP contribution in [0.25, 0.3) is 5.76 Å². The third kappa shape index (κ3) is 1.27. The minimum atomic E-state index is 0.740. The zero-order valence-electron chi connectivity index (χ0n) is 6.04. The summed E-state index contributed by atoms with van der Waals surface area (Å²) in [5.41, 5.74) is 0.740. The number of rotatable bonds is 1. The fraction of sp³-hybridized carbons (Fsp3) is 0.375. The molecule has 0 amide bonds. The molecule has 57 valence electrons. The van der Waals surface area contributed by atoms with Gasteiger partial charge in [-0.25, -0.2) is 4.98 Å². The summed E-state index contributed by atoms with van der Waals surface area (Å²) < 4.78 is 10.1. The highest BCUT2D eigenvalue weighted by atomic mass is 16.5. The van der Waals surface area contributed by atoms with Crippen LogP contribution >= 0.6 is 0 Å². The number of nitrogens with zero attached hydrogens (tertiary/aromatic N) is 1. The fourth-order valence-corrected chi connectivity index (χ4v) is 1.03. The normalized spacial score (nSPS) is 17.3. The first kappa shape index (κ1) is 6.46. The Bertz CT molecular complexity index is 251. The molecule has 3 nitrogen and oxygen atoms in total. The molecular weight excluding hydrogens is 142 g/mol. The van der Waals surface area contributed by atoms with Crippen molar-refractivity contribution in [3.8, 4) is 0 Å². The van der Waals surface area contributed by atoms with E-state index in [1.165, 1.54) is 6.26 Å². The van der Waals surface area contributed by atoms with E-state index in [0.29, 0.717) is 0 Å². The fourth-order valence-electron chi connectivity index (χ4n) is 1.03. The van der Waals surface area contributed by atoms with Gasteiger partial charge in [0.05, 0.1) is 6.61 Å². The zero-order valence-corrected chi connectivity index (χ0v) is 6.04. The largest absolute Gasteiger partial charge is 0.492 e. The minimum absolute atomic E-state index is 0.740. The maximum atomic E-state index is 5.34. The van der Waals surface area contributed by atoms with E-state index < -0.39 is 0 Å². The first-order valence-corrected chi connectivity index (χ1v) is 3.62. The SMILES string of the molecule is [c]1nc(C2=CCCCO2)co1. The Kier molecular flexibility index (Phi) is 1.63. The summed E-state index contributed by atoms with van der Waals surface area (Å²) in [4.78, 5) is 3.85. The molecule has 3 heteroatoms. The molecule has 0 unspecified atom stereocenters. The average Bonchev–Trinajstić information content (AvgIpc) is 2.58. The Morgan fingerprint density at radius 2 is 2.55 bits per heavy atom. The maximum Gasteiger partial charge on any atom is 0.284 e. The Balaban J connectivity index is 2.22. The molecule has 1 aliphatic rings. The molecule has 0 saturated carbocycles. The molecule has 2 heterocycles. The smallest absolute Gasteiger partial charge is 0.284 e. The molecule has 1 aliphatic heterocycles. The van der Waals surface area contributed by atoms with Gasteiger partial charge in [0.15, 0.2) is 0 Å². The van der Waals surface area contributed by atoms with Gasteiger partial charge in [-0.1, -0.05) is 0 Å². The minimum Gasteiger partial charge on any atom is -0.492 e. The number of ether oxygens (including phenoxy) is 1. The van der Waals surface area contributed by atoms with Gasteiger partial charge in [-0.3, -0.25) is 0 Å². The van der Waals surface area contributed by atoms with Gasteiger partial charge in [-0.05, 0) is 18.9 Å². The molecule has 0 atom stereocenters. The highest BCUT2D eigenvalue weighted by molar-refractivity contribution is 5.55. The highest BCUT2D eigenvalue weighted by Crippen LogP contribution is 2.18. The molecule has 11 heavy (non-hydrogen) atoms. The lowest BCUT2D eigenvalue weighted by molar-refractivity contribution is 0.257. The van der Waals surface area contributed by atoms with Crippen molar-refractivity contribution in [2.75, 3.05) is 6.61 Å². The summed E-state index contributed by atoms with van der Waals surface area (Å²) in [5, 5.41) is 0. The van der Waals surface area contributed by atoms with E-state index in [1.807, 2.05) is 6.08 Å². The quantitative estimate of drug-likeness (QED) is 0.610. The monoisotopic (exact) mass is 150 g/mol. The lowest BCUT2D eigenvalue weighted by Gasteiger charge is -2.11. The van der Waals surface area contributed by atoms with Crippen LogP contribution in [0.3, 0.4) is 0 Å². The van der Waals surface area contributed by atoms with E-state index in [-0.39, 0.29) is 0 Å². The Morgan fingerprint density at radius 1 is 1.55 bits per heavy atom. The lowest BCUT2D eigenvalue weighted by atomic mass is 10.2. The lowest BCUT2D eigenvalue weighted by Crippen LogP contribution is -2.00. The standard InChI is InChI=1S/C8H8NO2/c1-2-4-11-8(3-1)7-5-10-6-9-7/h3,5H,1-2,4H2. The molecule has 0 spiro atoms. The molecule has 2 rings (SSSR count). The van der Waals surface area contributed by atoms with Crippen LogP contribution in [0.5, 0.6) is 0 Å². The van der Waals surface area contributed by atoms with Crippen LogP contribution in [0.2, 0.25) is 0 Å². The van der Waals surface area contributed by atoms with Crippen LogP contribution in [0.15, 0.2) is 16.8 Å². The third-order valence-corrected chi connectivity index (χ3v) is 1.58. The maximum absolute atomic E-state index is 5.34. The van der Waals surface area contributed by atoms with Crippen molar-refractivity contribution >= 4 is 5.76 Å². The van der Waals surface area contributed by atoms with Gasteiger partial charge in [0, 0.05) is 0 Å². The molecule has 1 radical (unpaired) electrons. The molecule has 0 aliphatic carbocycles. The topological polar surface area (TPSA) is 35.3 Å². The summed E-state index contributed by atoms with van der Waals surface area (Å²) in [5.74, 6) is 0.821. The number of oxazole rings is 1. The predicted octanol–water partition coefficient (Wildman–Crippen LogP) is 1.63. The summed E-state index contributed by atoms with van der Waals surface area (Å²) in [7, 11) is 0. The molecule has 1 aromatic heterocycles. The summed E-state index contributed by atoms with van der Waals surface area (Å²) in [6, 6.07) is 0. The summed E-state index contributed by atoms with van der Waals surface area (Å²) >= 11 is 0. The number of allylic oxidation sites excluding steroid dienone is 1. The first-order chi connectivity index (χ1) is 5.47. The van der Waals surface area contributed by atoms with E-state index in [0.717, 1.165) is 30.9 Å². The summed E-state index contributed by atoms with van der Waals surface area (Å²) in [6.45, 7) is 0.776. The molecule has 0 saturated heterocycles. The van der Waals surface area contributed by atoms with Gasteiger partial charge in [-0.15, -0.1) is 0 Å². The molecule has 0 N–H and O–H groups in total. The van der Waals surface area contributed by atoms with Crippen molar-refractivity contribution in [2.24, 2.45) is 0 Å². The van der Waals surface area contributed by atoms with Crippen LogP contribution in [-0.2, 0) is 4.74 Å². The van der Waals surface area contributed by atoms with Crippen LogP contribution in [-0.4, -0.2) is 11.6 Å². The molecule has 0 fully saturated rings. The van der Waals surface area contributed by atoms with E-state index in [1.54, 1.807) is 0 Å². The predicted molar refractivity (Wildman–Crippen MR) is 38.5 cm³/mol. The van der Waals surface area contributed by atoms with Crippen LogP contribution in [0, 0.1) is 6.39 Å². The molecule has 0 bridgehead atoms. The Hall–Kier alpha value is -1.25. The van der Waals surface area contributed by atoms with Gasteiger partial charge in [0.1, 0.15) is 17.7 Å². The van der Waals surface area contributed by atoms with E-state index in [4.69, 9.17) is 9.15 Å². The van der Waals surface area contributed by atoms with Crippen molar-refractivity contribution < 1.29 is 9.15 Å². The number of aromatic nitrogens is 1. The van der Waals surface area contributed by atoms with E-state index in [9.17, 15) is 0 Å². The van der Waals surface area contributed by atoms with Crippen molar-refractivity contribution in [3.63, 3.8) is 0 Å². The Labute approximate surface area is 64.7 Å². The van der Waals surface area contributed by atoms with Gasteiger partial charge < -0.3 is 9.15 Å². The van der Waals surface area contributed by atoms with Crippen molar-refractivity contribution in [1.29, 1.82) is 0 Å². The second-order valence-electron chi connectivity index (χ2n) is 2.38. The van der Waals surface area contributed by atoms with Crippen molar-refractivity contribution in [1.82, 2.24) is 4.98 Å². The highest BCUT2D eigenvalue weighted by Gasteiger charge is 2.08. The number of hydrogen-bond donors (Lipinski definition) is 0. The average molecular weight is 150 g/mol. The molecule has 1 aromatic rings. The van der Waals surface area contributed by atoms with Gasteiger partial charge >= 0.3 is 0 Å². The van der Waals surface area contributed by atoms with E-state index >= 15 is 0 Å². The third-order valence-electron chi connectivity index (χ3n) is 1.58. The van der Waals surface area contributed by atoms with Gasteiger partial charge in [-0.2, -0.15) is 0 Å². The Morgan fingerprint density at radius 3 is 3.18 bits per heavy atom. The number of hydrogen-bond acceptors (Lipinski definition) is 3. The molecular formula is C8H8NO2. The molecule has 0 aromatic carbocycles. The van der Waals surface area contributed by atoms with Gasteiger partial charge in [0.2, 0.25) is 0 Å².